The van der Waals surface area contributed by atoms with Gasteiger partial charge in [0.1, 0.15) is 11.5 Å². The minimum Gasteiger partial charge on any atom is -0.493 e. The van der Waals surface area contributed by atoms with Crippen LogP contribution in [0.4, 0.5) is 4.79 Å². The van der Waals surface area contributed by atoms with E-state index in [4.69, 9.17) is 15.2 Å². The van der Waals surface area contributed by atoms with E-state index in [2.05, 4.69) is 30.4 Å². The third-order valence-corrected chi connectivity index (χ3v) is 3.55. The zero-order valence-corrected chi connectivity index (χ0v) is 14.5. The Hall–Kier alpha value is -3.02. The van der Waals surface area contributed by atoms with Crippen LogP contribution in [0.15, 0.2) is 47.6 Å². The number of hydrazone groups is 1. The fourth-order valence-electron chi connectivity index (χ4n) is 2.10. The number of nitrogens with two attached hydrogens (primary N) is 1. The van der Waals surface area contributed by atoms with Crippen molar-refractivity contribution in [2.75, 3.05) is 13.2 Å². The molecule has 0 aliphatic carbocycles. The van der Waals surface area contributed by atoms with Crippen LogP contribution in [0, 0.1) is 13.8 Å². The van der Waals surface area contributed by atoms with Crippen molar-refractivity contribution in [2.45, 2.75) is 20.3 Å². The van der Waals surface area contributed by atoms with Crippen LogP contribution in [0.3, 0.4) is 0 Å². The number of primary amides is 1. The van der Waals surface area contributed by atoms with E-state index in [1.54, 1.807) is 0 Å². The van der Waals surface area contributed by atoms with Gasteiger partial charge in [0.05, 0.1) is 19.4 Å². The molecule has 0 atom stereocenters. The van der Waals surface area contributed by atoms with Gasteiger partial charge in [-0.25, -0.2) is 10.2 Å². The summed E-state index contributed by atoms with van der Waals surface area (Å²) in [7, 11) is 0. The Bertz CT molecular complexity index is 744. The van der Waals surface area contributed by atoms with Crippen LogP contribution in [0.2, 0.25) is 0 Å². The summed E-state index contributed by atoms with van der Waals surface area (Å²) < 4.78 is 11.4. The van der Waals surface area contributed by atoms with Gasteiger partial charge in [-0.3, -0.25) is 0 Å². The summed E-state index contributed by atoms with van der Waals surface area (Å²) in [6.45, 7) is 5.29. The Morgan fingerprint density at radius 3 is 2.48 bits per heavy atom. The predicted molar refractivity (Wildman–Crippen MR) is 98.3 cm³/mol. The molecule has 0 saturated heterocycles. The summed E-state index contributed by atoms with van der Waals surface area (Å²) in [5.74, 6) is 1.61. The highest BCUT2D eigenvalue weighted by molar-refractivity contribution is 5.81. The monoisotopic (exact) mass is 341 g/mol. The molecule has 25 heavy (non-hydrogen) atoms. The molecule has 0 spiro atoms. The van der Waals surface area contributed by atoms with E-state index in [0.717, 1.165) is 23.5 Å². The maximum absolute atomic E-state index is 10.6. The van der Waals surface area contributed by atoms with Crippen molar-refractivity contribution in [3.05, 3.63) is 59.2 Å². The summed E-state index contributed by atoms with van der Waals surface area (Å²) in [4.78, 5) is 10.6. The second kappa shape index (κ2) is 9.32. The van der Waals surface area contributed by atoms with Gasteiger partial charge < -0.3 is 15.2 Å². The fraction of sp³-hybridized carbons (Fsp3) is 0.263. The molecule has 0 heterocycles. The van der Waals surface area contributed by atoms with E-state index < -0.39 is 6.03 Å². The molecular weight excluding hydrogens is 318 g/mol. The van der Waals surface area contributed by atoms with E-state index in [-0.39, 0.29) is 0 Å². The number of benzene rings is 2. The van der Waals surface area contributed by atoms with Gasteiger partial charge in [-0.2, -0.15) is 5.10 Å². The minimum atomic E-state index is -0.701. The Kier molecular flexibility index (Phi) is 6.83. The lowest BCUT2D eigenvalue weighted by Gasteiger charge is -2.09. The van der Waals surface area contributed by atoms with Crippen LogP contribution in [0.1, 0.15) is 23.1 Å². The normalized spacial score (nSPS) is 10.6. The van der Waals surface area contributed by atoms with Gasteiger partial charge in [0.15, 0.2) is 0 Å². The topological polar surface area (TPSA) is 85.9 Å². The van der Waals surface area contributed by atoms with Crippen molar-refractivity contribution < 1.29 is 14.3 Å². The molecule has 3 N–H and O–H groups in total. The SMILES string of the molecule is Cc1ccc(OCCCOc2cccc(/C=N\NC(N)=O)c2)cc1C. The van der Waals surface area contributed by atoms with Crippen LogP contribution in [0.5, 0.6) is 11.5 Å². The average Bonchev–Trinajstić information content (AvgIpc) is 2.58. The molecule has 0 aliphatic rings. The number of hydrogen-bond donors (Lipinski definition) is 2. The average molecular weight is 341 g/mol. The Balaban J connectivity index is 1.73. The molecule has 0 bridgehead atoms. The molecule has 2 rings (SSSR count). The number of hydrogen-bond acceptors (Lipinski definition) is 4. The van der Waals surface area contributed by atoms with Crippen molar-refractivity contribution in [1.29, 1.82) is 0 Å². The molecule has 0 aliphatic heterocycles. The summed E-state index contributed by atoms with van der Waals surface area (Å²) >= 11 is 0. The molecular formula is C19H23N3O3. The lowest BCUT2D eigenvalue weighted by Crippen LogP contribution is -2.24. The highest BCUT2D eigenvalue weighted by Gasteiger charge is 1.99. The molecule has 2 aromatic carbocycles. The molecule has 0 saturated carbocycles. The third kappa shape index (κ3) is 6.55. The molecule has 6 heteroatoms. The van der Waals surface area contributed by atoms with Crippen LogP contribution in [-0.2, 0) is 0 Å². The van der Waals surface area contributed by atoms with Gasteiger partial charge in [0.25, 0.3) is 0 Å². The van der Waals surface area contributed by atoms with Gasteiger partial charge in [0, 0.05) is 6.42 Å². The highest BCUT2D eigenvalue weighted by Crippen LogP contribution is 2.17. The number of carbonyl (C=O) groups excluding carboxylic acids is 1. The lowest BCUT2D eigenvalue weighted by molar-refractivity contribution is 0.247. The predicted octanol–water partition coefficient (Wildman–Crippen LogP) is 3.15. The highest BCUT2D eigenvalue weighted by atomic mass is 16.5. The van der Waals surface area contributed by atoms with Gasteiger partial charge in [-0.1, -0.05) is 18.2 Å². The number of aryl methyl sites for hydroxylation is 2. The molecule has 6 nitrogen and oxygen atoms in total. The number of nitrogens with one attached hydrogen (secondary N) is 1. The second-order valence-corrected chi connectivity index (χ2v) is 5.60. The van der Waals surface area contributed by atoms with E-state index in [1.165, 1.54) is 17.3 Å². The van der Waals surface area contributed by atoms with Crippen molar-refractivity contribution in [3.63, 3.8) is 0 Å². The maximum atomic E-state index is 10.6. The number of rotatable bonds is 8. The van der Waals surface area contributed by atoms with Gasteiger partial charge in [-0.05, 0) is 54.8 Å². The number of amides is 2. The Morgan fingerprint density at radius 1 is 1.08 bits per heavy atom. The van der Waals surface area contributed by atoms with Crippen molar-refractivity contribution in [2.24, 2.45) is 10.8 Å². The van der Waals surface area contributed by atoms with Crippen LogP contribution in [0.25, 0.3) is 0 Å². The number of urea groups is 1. The van der Waals surface area contributed by atoms with Crippen LogP contribution < -0.4 is 20.6 Å². The van der Waals surface area contributed by atoms with Crippen molar-refractivity contribution in [1.82, 2.24) is 5.43 Å². The summed E-state index contributed by atoms with van der Waals surface area (Å²) in [5.41, 5.74) is 10.4. The maximum Gasteiger partial charge on any atom is 0.332 e. The molecule has 132 valence electrons. The number of nitrogens with zero attached hydrogens (tertiary/aromatic N) is 1. The minimum absolute atomic E-state index is 0.547. The van der Waals surface area contributed by atoms with Crippen molar-refractivity contribution >= 4 is 12.2 Å². The zero-order chi connectivity index (χ0) is 18.1. The van der Waals surface area contributed by atoms with Crippen LogP contribution in [-0.4, -0.2) is 25.5 Å². The standard InChI is InChI=1S/C19H23N3O3/c1-14-7-8-18(11-15(14)2)25-10-4-9-24-17-6-3-5-16(12-17)13-21-22-19(20)23/h3,5-8,11-13H,4,9-10H2,1-2H3,(H3,20,22,23)/b21-13-. The molecule has 0 fully saturated rings. The molecule has 2 aromatic rings. The molecule has 0 aromatic heterocycles. The largest absolute Gasteiger partial charge is 0.493 e. The molecule has 2 amide bonds. The van der Waals surface area contributed by atoms with Crippen molar-refractivity contribution in [3.8, 4) is 11.5 Å². The molecule has 0 radical (unpaired) electrons. The first kappa shape index (κ1) is 18.3. The Labute approximate surface area is 147 Å². The summed E-state index contributed by atoms with van der Waals surface area (Å²) in [6.07, 6.45) is 2.27. The second-order valence-electron chi connectivity index (χ2n) is 5.60. The number of ether oxygens (including phenoxy) is 2. The van der Waals surface area contributed by atoms with Gasteiger partial charge >= 0.3 is 6.03 Å². The van der Waals surface area contributed by atoms with Crippen LogP contribution >= 0.6 is 0 Å². The molecule has 0 unspecified atom stereocenters. The number of carbonyl (C=O) groups is 1. The smallest absolute Gasteiger partial charge is 0.332 e. The van der Waals surface area contributed by atoms with E-state index >= 15 is 0 Å². The summed E-state index contributed by atoms with van der Waals surface area (Å²) in [6, 6.07) is 12.8. The third-order valence-electron chi connectivity index (χ3n) is 3.55. The van der Waals surface area contributed by atoms with E-state index in [9.17, 15) is 4.79 Å². The first-order chi connectivity index (χ1) is 12.0. The Morgan fingerprint density at radius 2 is 1.80 bits per heavy atom. The van der Waals surface area contributed by atoms with Gasteiger partial charge in [-0.15, -0.1) is 0 Å². The zero-order valence-electron chi connectivity index (χ0n) is 14.5. The van der Waals surface area contributed by atoms with E-state index in [1.807, 2.05) is 36.4 Å². The quantitative estimate of drug-likeness (QED) is 0.439. The lowest BCUT2D eigenvalue weighted by atomic mass is 10.1. The van der Waals surface area contributed by atoms with Gasteiger partial charge in [0.2, 0.25) is 0 Å². The van der Waals surface area contributed by atoms with E-state index in [0.29, 0.717) is 13.2 Å². The first-order valence-electron chi connectivity index (χ1n) is 8.06. The fourth-order valence-corrected chi connectivity index (χ4v) is 2.10. The summed E-state index contributed by atoms with van der Waals surface area (Å²) in [5, 5.41) is 3.71. The first-order valence-corrected chi connectivity index (χ1v) is 8.06.